The zero-order valence-corrected chi connectivity index (χ0v) is 13.0. The van der Waals surface area contributed by atoms with Gasteiger partial charge in [-0.2, -0.15) is 0 Å². The van der Waals surface area contributed by atoms with Gasteiger partial charge in [0.2, 0.25) is 0 Å². The number of pyridine rings is 1. The Labute approximate surface area is 130 Å². The maximum Gasteiger partial charge on any atom is 0.253 e. The van der Waals surface area contributed by atoms with Crippen LogP contribution in [-0.4, -0.2) is 43.0 Å². The second-order valence-corrected chi connectivity index (χ2v) is 5.28. The molecular formula is C16H22N4O2. The maximum absolute atomic E-state index is 12.0. The molecule has 2 rings (SSSR count). The Hall–Kier alpha value is -2.34. The van der Waals surface area contributed by atoms with Crippen molar-refractivity contribution in [3.8, 4) is 0 Å². The normalized spacial score (nSPS) is 10.7. The van der Waals surface area contributed by atoms with Crippen molar-refractivity contribution >= 4 is 11.7 Å². The summed E-state index contributed by atoms with van der Waals surface area (Å²) in [6.07, 6.45) is 4.20. The minimum absolute atomic E-state index is 0.164. The van der Waals surface area contributed by atoms with E-state index in [1.165, 1.54) is 0 Å². The smallest absolute Gasteiger partial charge is 0.253 e. The maximum atomic E-state index is 12.0. The highest BCUT2D eigenvalue weighted by atomic mass is 16.3. The van der Waals surface area contributed by atoms with Crippen LogP contribution in [0.15, 0.2) is 41.1 Å². The lowest BCUT2D eigenvalue weighted by molar-refractivity contribution is 0.0947. The Morgan fingerprint density at radius 1 is 1.32 bits per heavy atom. The first-order valence-corrected chi connectivity index (χ1v) is 7.30. The molecule has 118 valence electrons. The van der Waals surface area contributed by atoms with E-state index in [-0.39, 0.29) is 5.91 Å². The van der Waals surface area contributed by atoms with Crippen molar-refractivity contribution in [3.05, 3.63) is 48.0 Å². The molecule has 0 fully saturated rings. The van der Waals surface area contributed by atoms with Crippen LogP contribution in [0.4, 0.5) is 5.82 Å². The molecule has 0 aliphatic rings. The van der Waals surface area contributed by atoms with Gasteiger partial charge in [-0.15, -0.1) is 0 Å². The van der Waals surface area contributed by atoms with Gasteiger partial charge in [-0.05, 0) is 51.3 Å². The number of nitrogens with one attached hydrogen (secondary N) is 2. The summed E-state index contributed by atoms with van der Waals surface area (Å²) in [6.45, 7) is 2.26. The molecule has 2 heterocycles. The molecule has 0 aliphatic carbocycles. The van der Waals surface area contributed by atoms with Gasteiger partial charge >= 0.3 is 0 Å². The van der Waals surface area contributed by atoms with Crippen LogP contribution in [0.5, 0.6) is 0 Å². The molecule has 6 heteroatoms. The van der Waals surface area contributed by atoms with Crippen molar-refractivity contribution in [2.24, 2.45) is 0 Å². The molecular weight excluding hydrogens is 280 g/mol. The number of amides is 1. The third-order valence-corrected chi connectivity index (χ3v) is 3.12. The summed E-state index contributed by atoms with van der Waals surface area (Å²) < 4.78 is 5.17. The lowest BCUT2D eigenvalue weighted by Crippen LogP contribution is -2.22. The monoisotopic (exact) mass is 302 g/mol. The van der Waals surface area contributed by atoms with E-state index in [1.807, 2.05) is 26.2 Å². The number of aromatic nitrogens is 1. The van der Waals surface area contributed by atoms with Gasteiger partial charge < -0.3 is 20.0 Å². The first-order chi connectivity index (χ1) is 10.6. The van der Waals surface area contributed by atoms with E-state index in [1.54, 1.807) is 24.6 Å². The lowest BCUT2D eigenvalue weighted by Gasteiger charge is -2.10. The summed E-state index contributed by atoms with van der Waals surface area (Å²) >= 11 is 0. The van der Waals surface area contributed by atoms with Crippen molar-refractivity contribution < 1.29 is 9.21 Å². The largest absolute Gasteiger partial charge is 0.467 e. The zero-order valence-electron chi connectivity index (χ0n) is 13.0. The average Bonchev–Trinajstić information content (AvgIpc) is 3.03. The first-order valence-electron chi connectivity index (χ1n) is 7.30. The van der Waals surface area contributed by atoms with Gasteiger partial charge in [-0.3, -0.25) is 4.79 Å². The van der Waals surface area contributed by atoms with E-state index in [0.29, 0.717) is 12.1 Å². The SMILES string of the molecule is CN(C)CCCNc1ccc(C(=O)NCc2ccco2)cn1. The van der Waals surface area contributed by atoms with Crippen LogP contribution >= 0.6 is 0 Å². The molecule has 2 N–H and O–H groups in total. The first kappa shape index (κ1) is 16.0. The molecule has 0 saturated carbocycles. The van der Waals surface area contributed by atoms with Crippen LogP contribution in [0.25, 0.3) is 0 Å². The van der Waals surface area contributed by atoms with Crippen molar-refractivity contribution in [1.82, 2.24) is 15.2 Å². The third-order valence-electron chi connectivity index (χ3n) is 3.12. The molecule has 0 spiro atoms. The van der Waals surface area contributed by atoms with E-state index in [2.05, 4.69) is 20.5 Å². The quantitative estimate of drug-likeness (QED) is 0.730. The number of rotatable bonds is 8. The highest BCUT2D eigenvalue weighted by Crippen LogP contribution is 2.06. The van der Waals surface area contributed by atoms with E-state index >= 15 is 0 Å². The van der Waals surface area contributed by atoms with Crippen molar-refractivity contribution in [2.45, 2.75) is 13.0 Å². The van der Waals surface area contributed by atoms with Gasteiger partial charge in [0.05, 0.1) is 18.4 Å². The van der Waals surface area contributed by atoms with Crippen LogP contribution in [0, 0.1) is 0 Å². The van der Waals surface area contributed by atoms with Crippen LogP contribution < -0.4 is 10.6 Å². The number of carbonyl (C=O) groups is 1. The predicted molar refractivity (Wildman–Crippen MR) is 85.8 cm³/mol. The second-order valence-electron chi connectivity index (χ2n) is 5.28. The number of hydrogen-bond acceptors (Lipinski definition) is 5. The summed E-state index contributed by atoms with van der Waals surface area (Å²) in [4.78, 5) is 18.4. The fraction of sp³-hybridized carbons (Fsp3) is 0.375. The number of carbonyl (C=O) groups excluding carboxylic acids is 1. The van der Waals surface area contributed by atoms with Crippen molar-refractivity contribution in [1.29, 1.82) is 0 Å². The summed E-state index contributed by atoms with van der Waals surface area (Å²) in [5.41, 5.74) is 0.533. The Kier molecular flexibility index (Phi) is 5.97. The lowest BCUT2D eigenvalue weighted by atomic mass is 10.2. The molecule has 0 saturated heterocycles. The molecule has 1 amide bonds. The molecule has 0 radical (unpaired) electrons. The zero-order chi connectivity index (χ0) is 15.8. The molecule has 22 heavy (non-hydrogen) atoms. The molecule has 0 unspecified atom stereocenters. The van der Waals surface area contributed by atoms with Gasteiger partial charge in [0.1, 0.15) is 11.6 Å². The molecule has 0 aliphatic heterocycles. The highest BCUT2D eigenvalue weighted by molar-refractivity contribution is 5.93. The Morgan fingerprint density at radius 2 is 2.18 bits per heavy atom. The molecule has 0 bridgehead atoms. The van der Waals surface area contributed by atoms with Crippen LogP contribution in [0.2, 0.25) is 0 Å². The van der Waals surface area contributed by atoms with Gasteiger partial charge in [0.25, 0.3) is 5.91 Å². The van der Waals surface area contributed by atoms with Crippen LogP contribution in [0.1, 0.15) is 22.5 Å². The number of furan rings is 1. The van der Waals surface area contributed by atoms with Crippen molar-refractivity contribution in [2.75, 3.05) is 32.5 Å². The number of anilines is 1. The Balaban J connectivity index is 1.76. The van der Waals surface area contributed by atoms with Gasteiger partial charge in [-0.25, -0.2) is 4.98 Å². The minimum atomic E-state index is -0.164. The summed E-state index contributed by atoms with van der Waals surface area (Å²) in [5.74, 6) is 1.34. The fourth-order valence-corrected chi connectivity index (χ4v) is 1.93. The van der Waals surface area contributed by atoms with Gasteiger partial charge in [0, 0.05) is 12.7 Å². The highest BCUT2D eigenvalue weighted by Gasteiger charge is 2.06. The minimum Gasteiger partial charge on any atom is -0.467 e. The second kappa shape index (κ2) is 8.19. The molecule has 2 aromatic rings. The predicted octanol–water partition coefficient (Wildman–Crippen LogP) is 1.97. The number of hydrogen-bond donors (Lipinski definition) is 2. The topological polar surface area (TPSA) is 70.4 Å². The van der Waals surface area contributed by atoms with Gasteiger partial charge in [0.15, 0.2) is 0 Å². The molecule has 0 atom stereocenters. The summed E-state index contributed by atoms with van der Waals surface area (Å²) in [5, 5.41) is 6.02. The molecule has 2 aromatic heterocycles. The fourth-order valence-electron chi connectivity index (χ4n) is 1.93. The number of nitrogens with zero attached hydrogens (tertiary/aromatic N) is 2. The van der Waals surface area contributed by atoms with Crippen LogP contribution in [-0.2, 0) is 6.54 Å². The van der Waals surface area contributed by atoms with Gasteiger partial charge in [-0.1, -0.05) is 0 Å². The third kappa shape index (κ3) is 5.21. The van der Waals surface area contributed by atoms with E-state index in [9.17, 15) is 4.79 Å². The molecule has 6 nitrogen and oxygen atoms in total. The van der Waals surface area contributed by atoms with E-state index < -0.39 is 0 Å². The average molecular weight is 302 g/mol. The van der Waals surface area contributed by atoms with Crippen LogP contribution in [0.3, 0.4) is 0 Å². The van der Waals surface area contributed by atoms with Crippen molar-refractivity contribution in [3.63, 3.8) is 0 Å². The Morgan fingerprint density at radius 3 is 2.82 bits per heavy atom. The van der Waals surface area contributed by atoms with E-state index in [4.69, 9.17) is 4.42 Å². The summed E-state index contributed by atoms with van der Waals surface area (Å²) in [7, 11) is 4.10. The van der Waals surface area contributed by atoms with E-state index in [0.717, 1.165) is 31.1 Å². The summed E-state index contributed by atoms with van der Waals surface area (Å²) in [6, 6.07) is 7.19. The standard InChI is InChI=1S/C16H22N4O2/c1-20(2)9-4-8-17-15-7-6-13(11-18-15)16(21)19-12-14-5-3-10-22-14/h3,5-7,10-11H,4,8-9,12H2,1-2H3,(H,17,18)(H,19,21). The molecule has 0 aromatic carbocycles. The Bertz CT molecular complexity index is 564.